The molecule has 8 nitrogen and oxygen atoms in total. The standard InChI is InChI=1S/C25H22FN5O3/c26-19-7-2-1-6-18(19)16-22-24(33)31(20-8-3-4-9-21(20)34-22)17-23(32)29-12-14-30(15-13-29)25-27-10-5-11-28-25/h1-11,16H,12-15,17H2/b22-16+. The smallest absolute Gasteiger partial charge is 0.294 e. The Morgan fingerprint density at radius 1 is 0.971 bits per heavy atom. The third-order valence-electron chi connectivity index (χ3n) is 5.78. The van der Waals surface area contributed by atoms with Crippen LogP contribution in [0.4, 0.5) is 16.0 Å². The number of ether oxygens (including phenoxy) is 1. The van der Waals surface area contributed by atoms with Crippen LogP contribution >= 0.6 is 0 Å². The number of nitrogens with zero attached hydrogens (tertiary/aromatic N) is 5. The number of halogens is 1. The van der Waals surface area contributed by atoms with E-state index in [1.807, 2.05) is 4.90 Å². The number of amides is 2. The predicted octanol–water partition coefficient (Wildman–Crippen LogP) is 2.73. The van der Waals surface area contributed by atoms with Crippen molar-refractivity contribution in [2.45, 2.75) is 0 Å². The van der Waals surface area contributed by atoms with Crippen LogP contribution in [0.1, 0.15) is 5.56 Å². The number of carbonyl (C=O) groups excluding carboxylic acids is 2. The first-order chi connectivity index (χ1) is 16.6. The van der Waals surface area contributed by atoms with Crippen molar-refractivity contribution in [1.82, 2.24) is 14.9 Å². The molecule has 0 radical (unpaired) electrons. The number of anilines is 2. The zero-order valence-electron chi connectivity index (χ0n) is 18.3. The van der Waals surface area contributed by atoms with Crippen LogP contribution < -0.4 is 14.5 Å². The summed E-state index contributed by atoms with van der Waals surface area (Å²) < 4.78 is 20.0. The van der Waals surface area contributed by atoms with E-state index < -0.39 is 11.7 Å². The summed E-state index contributed by atoms with van der Waals surface area (Å²) >= 11 is 0. The maximum absolute atomic E-state index is 14.2. The van der Waals surface area contributed by atoms with Gasteiger partial charge in [-0.15, -0.1) is 0 Å². The van der Waals surface area contributed by atoms with Gasteiger partial charge >= 0.3 is 0 Å². The fourth-order valence-corrected chi connectivity index (χ4v) is 4.00. The van der Waals surface area contributed by atoms with E-state index in [0.29, 0.717) is 43.6 Å². The lowest BCUT2D eigenvalue weighted by Gasteiger charge is -2.36. The first-order valence-electron chi connectivity index (χ1n) is 10.9. The quantitative estimate of drug-likeness (QED) is 0.559. The van der Waals surface area contributed by atoms with Gasteiger partial charge in [-0.2, -0.15) is 0 Å². The summed E-state index contributed by atoms with van der Waals surface area (Å²) in [4.78, 5) is 40.1. The van der Waals surface area contributed by atoms with Gasteiger partial charge in [0.15, 0.2) is 11.5 Å². The Morgan fingerprint density at radius 3 is 2.44 bits per heavy atom. The van der Waals surface area contributed by atoms with Crippen LogP contribution in [0.2, 0.25) is 0 Å². The minimum Gasteiger partial charge on any atom is -0.449 e. The zero-order chi connectivity index (χ0) is 23.5. The number of piperazine rings is 1. The molecular formula is C25H22FN5O3. The third kappa shape index (κ3) is 4.32. The highest BCUT2D eigenvalue weighted by Crippen LogP contribution is 2.35. The average molecular weight is 459 g/mol. The first kappa shape index (κ1) is 21.6. The van der Waals surface area contributed by atoms with Crippen molar-refractivity contribution in [2.24, 2.45) is 0 Å². The molecule has 9 heteroatoms. The van der Waals surface area contributed by atoms with Crippen LogP contribution in [0.25, 0.3) is 6.08 Å². The molecule has 1 aromatic heterocycles. The lowest BCUT2D eigenvalue weighted by atomic mass is 10.1. The Hall–Kier alpha value is -4.27. The molecule has 3 aromatic rings. The lowest BCUT2D eigenvalue weighted by Crippen LogP contribution is -2.53. The summed E-state index contributed by atoms with van der Waals surface area (Å²) in [7, 11) is 0. The minimum atomic E-state index is -0.494. The molecule has 34 heavy (non-hydrogen) atoms. The van der Waals surface area contributed by atoms with Gasteiger partial charge < -0.3 is 14.5 Å². The van der Waals surface area contributed by atoms with E-state index in [1.165, 1.54) is 17.0 Å². The summed E-state index contributed by atoms with van der Waals surface area (Å²) in [6.07, 6.45) is 4.74. The largest absolute Gasteiger partial charge is 0.449 e. The molecule has 0 aliphatic carbocycles. The highest BCUT2D eigenvalue weighted by molar-refractivity contribution is 6.12. The van der Waals surface area contributed by atoms with Crippen LogP contribution in [0, 0.1) is 5.82 Å². The zero-order valence-corrected chi connectivity index (χ0v) is 18.3. The van der Waals surface area contributed by atoms with Crippen molar-refractivity contribution >= 4 is 29.5 Å². The van der Waals surface area contributed by atoms with Crippen molar-refractivity contribution in [3.63, 3.8) is 0 Å². The summed E-state index contributed by atoms with van der Waals surface area (Å²) in [6.45, 7) is 2.05. The summed E-state index contributed by atoms with van der Waals surface area (Å²) in [5.74, 6) is -0.107. The molecule has 1 fully saturated rings. The predicted molar refractivity (Wildman–Crippen MR) is 125 cm³/mol. The van der Waals surface area contributed by atoms with Gasteiger partial charge in [-0.05, 0) is 30.3 Å². The van der Waals surface area contributed by atoms with Crippen LogP contribution in [0.3, 0.4) is 0 Å². The third-order valence-corrected chi connectivity index (χ3v) is 5.78. The Labute approximate surface area is 195 Å². The molecule has 1 saturated heterocycles. The van der Waals surface area contributed by atoms with Gasteiger partial charge in [0.2, 0.25) is 11.9 Å². The number of rotatable bonds is 4. The van der Waals surface area contributed by atoms with Gasteiger partial charge in [0.1, 0.15) is 12.4 Å². The van der Waals surface area contributed by atoms with Gasteiger partial charge in [0.05, 0.1) is 5.69 Å². The molecule has 5 rings (SSSR count). The SMILES string of the molecule is O=C(CN1C(=O)/C(=C\c2ccccc2F)Oc2ccccc21)N1CCN(c2ncccn2)CC1. The average Bonchev–Trinajstić information content (AvgIpc) is 2.88. The van der Waals surface area contributed by atoms with Gasteiger partial charge in [0, 0.05) is 44.1 Å². The molecule has 2 amide bonds. The number of carbonyl (C=O) groups is 2. The van der Waals surface area contributed by atoms with Crippen LogP contribution in [-0.2, 0) is 9.59 Å². The van der Waals surface area contributed by atoms with Crippen LogP contribution in [-0.4, -0.2) is 59.4 Å². The Balaban J connectivity index is 1.33. The van der Waals surface area contributed by atoms with Gasteiger partial charge in [-0.1, -0.05) is 30.3 Å². The van der Waals surface area contributed by atoms with E-state index in [1.54, 1.807) is 65.8 Å². The molecular weight excluding hydrogens is 437 g/mol. The first-order valence-corrected chi connectivity index (χ1v) is 10.9. The van der Waals surface area contributed by atoms with E-state index >= 15 is 0 Å². The Bertz CT molecular complexity index is 1240. The molecule has 0 spiro atoms. The Kier molecular flexibility index (Phi) is 5.90. The van der Waals surface area contributed by atoms with E-state index in [4.69, 9.17) is 4.74 Å². The highest BCUT2D eigenvalue weighted by atomic mass is 19.1. The molecule has 0 N–H and O–H groups in total. The molecule has 172 valence electrons. The van der Waals surface area contributed by atoms with E-state index in [-0.39, 0.29) is 23.8 Å². The van der Waals surface area contributed by atoms with E-state index in [0.717, 1.165) is 0 Å². The van der Waals surface area contributed by atoms with Gasteiger partial charge in [-0.25, -0.2) is 14.4 Å². The molecule has 0 unspecified atom stereocenters. The second-order valence-corrected chi connectivity index (χ2v) is 7.91. The number of hydrogen-bond acceptors (Lipinski definition) is 6. The molecule has 2 aromatic carbocycles. The summed E-state index contributed by atoms with van der Waals surface area (Å²) in [5.41, 5.74) is 0.735. The summed E-state index contributed by atoms with van der Waals surface area (Å²) in [5, 5.41) is 0. The lowest BCUT2D eigenvalue weighted by molar-refractivity contribution is -0.131. The minimum absolute atomic E-state index is 0.0392. The fraction of sp³-hybridized carbons (Fsp3) is 0.200. The second-order valence-electron chi connectivity index (χ2n) is 7.91. The molecule has 0 bridgehead atoms. The Morgan fingerprint density at radius 2 is 1.68 bits per heavy atom. The molecule has 3 heterocycles. The highest BCUT2D eigenvalue weighted by Gasteiger charge is 2.33. The maximum atomic E-state index is 14.2. The second kappa shape index (κ2) is 9.30. The molecule has 0 saturated carbocycles. The topological polar surface area (TPSA) is 78.9 Å². The number of fused-ring (bicyclic) bond motifs is 1. The normalized spacial score (nSPS) is 16.9. The van der Waals surface area contributed by atoms with Crippen LogP contribution in [0.5, 0.6) is 5.75 Å². The number of para-hydroxylation sites is 2. The van der Waals surface area contributed by atoms with E-state index in [2.05, 4.69) is 9.97 Å². The number of hydrogen-bond donors (Lipinski definition) is 0. The molecule has 2 aliphatic heterocycles. The van der Waals surface area contributed by atoms with Crippen molar-refractivity contribution in [1.29, 1.82) is 0 Å². The maximum Gasteiger partial charge on any atom is 0.294 e. The van der Waals surface area contributed by atoms with Gasteiger partial charge in [-0.3, -0.25) is 14.5 Å². The van der Waals surface area contributed by atoms with Crippen LogP contribution in [0.15, 0.2) is 72.8 Å². The molecule has 2 aliphatic rings. The van der Waals surface area contributed by atoms with Crippen molar-refractivity contribution in [2.75, 3.05) is 42.5 Å². The number of benzene rings is 2. The number of aromatic nitrogens is 2. The van der Waals surface area contributed by atoms with E-state index in [9.17, 15) is 14.0 Å². The molecule has 0 atom stereocenters. The summed E-state index contributed by atoms with van der Waals surface area (Å²) in [6, 6.07) is 14.9. The van der Waals surface area contributed by atoms with Gasteiger partial charge in [0.25, 0.3) is 5.91 Å². The van der Waals surface area contributed by atoms with Crippen molar-refractivity contribution < 1.29 is 18.7 Å². The monoisotopic (exact) mass is 459 g/mol. The van der Waals surface area contributed by atoms with Crippen molar-refractivity contribution in [3.8, 4) is 5.75 Å². The van der Waals surface area contributed by atoms with Crippen molar-refractivity contribution in [3.05, 3.63) is 84.1 Å². The fourth-order valence-electron chi connectivity index (χ4n) is 4.00.